The number of fused-ring (bicyclic) bond motifs is 2. The normalized spacial score (nSPS) is 20.3. The molecule has 2 aromatic carbocycles. The van der Waals surface area contributed by atoms with Gasteiger partial charge in [0.2, 0.25) is 0 Å². The van der Waals surface area contributed by atoms with Crippen LogP contribution in [0.1, 0.15) is 35.5 Å². The number of rotatable bonds is 5. The number of pyridine rings is 2. The van der Waals surface area contributed by atoms with Gasteiger partial charge in [-0.2, -0.15) is 0 Å². The second-order valence-electron chi connectivity index (χ2n) is 10.7. The van der Waals surface area contributed by atoms with Gasteiger partial charge in [-0.3, -0.25) is 9.78 Å². The van der Waals surface area contributed by atoms with Crippen molar-refractivity contribution in [2.45, 2.75) is 44.1 Å². The first-order chi connectivity index (χ1) is 19.7. The minimum atomic E-state index is -3.50. The summed E-state index contributed by atoms with van der Waals surface area (Å²) in [5, 5.41) is 3.75. The number of hydrogen-bond donors (Lipinski definition) is 1. The van der Waals surface area contributed by atoms with Gasteiger partial charge >= 0.3 is 0 Å². The van der Waals surface area contributed by atoms with E-state index in [-0.39, 0.29) is 54.1 Å². The molecule has 2 aromatic heterocycles. The van der Waals surface area contributed by atoms with Crippen LogP contribution in [0.5, 0.6) is 0 Å². The van der Waals surface area contributed by atoms with E-state index in [4.69, 9.17) is 14.5 Å². The van der Waals surface area contributed by atoms with Gasteiger partial charge in [0.05, 0.1) is 59.5 Å². The standard InChI is InChI=1S/C31H32N4O5S/c1-20-17-35(18-21(2)40-20)27-5-3-4-22(12-27)28-9-8-24-15-32-26(14-29(24)34-28)16-33-31(36)23-6-7-25-19-39-10-11-41(37,38)30(25)13-23/h3-9,12-15,20-21H,10-11,16-19H2,1-2H3,(H,33,36)/t20-,21+. The molecule has 1 saturated heterocycles. The summed E-state index contributed by atoms with van der Waals surface area (Å²) in [6.45, 7) is 6.40. The van der Waals surface area contributed by atoms with Crippen LogP contribution in [0.4, 0.5) is 5.69 Å². The highest BCUT2D eigenvalue weighted by molar-refractivity contribution is 7.91. The number of morpholine rings is 1. The Balaban J connectivity index is 1.19. The zero-order valence-electron chi connectivity index (χ0n) is 23.0. The lowest BCUT2D eigenvalue weighted by atomic mass is 10.1. The van der Waals surface area contributed by atoms with E-state index in [1.54, 1.807) is 18.3 Å². The van der Waals surface area contributed by atoms with E-state index >= 15 is 0 Å². The first-order valence-electron chi connectivity index (χ1n) is 13.7. The number of anilines is 1. The van der Waals surface area contributed by atoms with Crippen LogP contribution in [0.15, 0.2) is 71.8 Å². The first-order valence-corrected chi connectivity index (χ1v) is 15.4. The van der Waals surface area contributed by atoms with Gasteiger partial charge in [-0.1, -0.05) is 18.2 Å². The molecule has 1 fully saturated rings. The lowest BCUT2D eigenvalue weighted by Gasteiger charge is -2.37. The molecule has 1 amide bonds. The zero-order chi connectivity index (χ0) is 28.6. The molecule has 0 saturated carbocycles. The van der Waals surface area contributed by atoms with E-state index in [0.29, 0.717) is 11.3 Å². The van der Waals surface area contributed by atoms with Crippen molar-refractivity contribution in [1.29, 1.82) is 0 Å². The largest absolute Gasteiger partial charge is 0.376 e. The maximum absolute atomic E-state index is 12.9. The highest BCUT2D eigenvalue weighted by Gasteiger charge is 2.24. The van der Waals surface area contributed by atoms with E-state index in [1.807, 2.05) is 18.2 Å². The second-order valence-corrected chi connectivity index (χ2v) is 12.7. The van der Waals surface area contributed by atoms with Gasteiger partial charge in [-0.25, -0.2) is 13.4 Å². The topological polar surface area (TPSA) is 111 Å². The van der Waals surface area contributed by atoms with E-state index in [0.717, 1.165) is 40.9 Å². The molecule has 2 aliphatic heterocycles. The lowest BCUT2D eigenvalue weighted by Crippen LogP contribution is -2.45. The van der Waals surface area contributed by atoms with Crippen molar-refractivity contribution in [3.05, 3.63) is 83.7 Å². The molecule has 1 N–H and O–H groups in total. The van der Waals surface area contributed by atoms with Crippen LogP contribution >= 0.6 is 0 Å². The van der Waals surface area contributed by atoms with Gasteiger partial charge < -0.3 is 19.7 Å². The highest BCUT2D eigenvalue weighted by Crippen LogP contribution is 2.28. The molecule has 9 nitrogen and oxygen atoms in total. The predicted molar refractivity (Wildman–Crippen MR) is 157 cm³/mol. The van der Waals surface area contributed by atoms with E-state index in [1.165, 1.54) is 6.07 Å². The van der Waals surface area contributed by atoms with Crippen LogP contribution in [-0.2, 0) is 32.5 Å². The highest BCUT2D eigenvalue weighted by atomic mass is 32.2. The Morgan fingerprint density at radius 2 is 1.88 bits per heavy atom. The molecule has 6 rings (SSSR count). The molecule has 10 heteroatoms. The SMILES string of the molecule is C[C@@H]1CN(c2cccc(-c3ccc4cnc(CNC(=O)c5ccc6c(c5)S(=O)(=O)CCOC6)cc4n3)c2)C[C@H](C)O1. The van der Waals surface area contributed by atoms with Crippen molar-refractivity contribution in [2.24, 2.45) is 0 Å². The Morgan fingerprint density at radius 1 is 1.05 bits per heavy atom. The van der Waals surface area contributed by atoms with Crippen molar-refractivity contribution in [3.63, 3.8) is 0 Å². The number of benzene rings is 2. The van der Waals surface area contributed by atoms with Crippen LogP contribution in [0.2, 0.25) is 0 Å². The summed E-state index contributed by atoms with van der Waals surface area (Å²) in [5.74, 6) is -0.475. The molecule has 0 unspecified atom stereocenters. The third kappa shape index (κ3) is 5.95. The van der Waals surface area contributed by atoms with Crippen molar-refractivity contribution in [3.8, 4) is 11.3 Å². The van der Waals surface area contributed by atoms with Crippen LogP contribution in [0.3, 0.4) is 0 Å². The minimum absolute atomic E-state index is 0.100. The number of sulfone groups is 1. The van der Waals surface area contributed by atoms with Crippen LogP contribution in [0.25, 0.3) is 22.2 Å². The number of nitrogens with zero attached hydrogens (tertiary/aromatic N) is 3. The Morgan fingerprint density at radius 3 is 2.71 bits per heavy atom. The smallest absolute Gasteiger partial charge is 0.251 e. The summed E-state index contributed by atoms with van der Waals surface area (Å²) in [6, 6.07) is 18.9. The average Bonchev–Trinajstić information content (AvgIpc) is 3.12. The fourth-order valence-corrected chi connectivity index (χ4v) is 6.79. The van der Waals surface area contributed by atoms with Crippen LogP contribution < -0.4 is 10.2 Å². The van der Waals surface area contributed by atoms with Crippen LogP contribution in [-0.4, -0.2) is 62.0 Å². The van der Waals surface area contributed by atoms with Gasteiger partial charge in [-0.05, 0) is 61.9 Å². The fraction of sp³-hybridized carbons (Fsp3) is 0.323. The number of nitrogens with one attached hydrogen (secondary N) is 1. The van der Waals surface area contributed by atoms with Gasteiger partial charge in [0.25, 0.3) is 5.91 Å². The van der Waals surface area contributed by atoms with Gasteiger partial charge in [-0.15, -0.1) is 0 Å². The summed E-state index contributed by atoms with van der Waals surface area (Å²) < 4.78 is 36.4. The second kappa shape index (κ2) is 11.2. The predicted octanol–water partition coefficient (Wildman–Crippen LogP) is 4.14. The Bertz CT molecular complexity index is 1720. The van der Waals surface area contributed by atoms with E-state index in [2.05, 4.69) is 53.3 Å². The number of hydrogen-bond acceptors (Lipinski definition) is 8. The van der Waals surface area contributed by atoms with Crippen LogP contribution in [0, 0.1) is 0 Å². The quantitative estimate of drug-likeness (QED) is 0.380. The molecule has 4 heterocycles. The van der Waals surface area contributed by atoms with Crippen molar-refractivity contribution >= 4 is 32.3 Å². The Hall–Kier alpha value is -3.86. The monoisotopic (exact) mass is 572 g/mol. The van der Waals surface area contributed by atoms with Crippen molar-refractivity contribution in [2.75, 3.05) is 30.3 Å². The molecule has 0 radical (unpaired) electrons. The molecule has 0 spiro atoms. The molecule has 2 aliphatic rings. The summed E-state index contributed by atoms with van der Waals surface area (Å²) in [7, 11) is -3.50. The first kappa shape index (κ1) is 27.3. The maximum Gasteiger partial charge on any atom is 0.251 e. The summed E-state index contributed by atoms with van der Waals surface area (Å²) >= 11 is 0. The minimum Gasteiger partial charge on any atom is -0.376 e. The van der Waals surface area contributed by atoms with E-state index < -0.39 is 9.84 Å². The van der Waals surface area contributed by atoms with E-state index in [9.17, 15) is 13.2 Å². The molecular formula is C31H32N4O5S. The fourth-order valence-electron chi connectivity index (χ4n) is 5.40. The number of ether oxygens (including phenoxy) is 2. The Kier molecular flexibility index (Phi) is 7.46. The average molecular weight is 573 g/mol. The zero-order valence-corrected chi connectivity index (χ0v) is 23.9. The maximum atomic E-state index is 12.9. The molecule has 41 heavy (non-hydrogen) atoms. The summed E-state index contributed by atoms with van der Waals surface area (Å²) in [4.78, 5) is 24.8. The van der Waals surface area contributed by atoms with Crippen molar-refractivity contribution < 1.29 is 22.7 Å². The number of carbonyl (C=O) groups excluding carboxylic acids is 1. The number of carbonyl (C=O) groups is 1. The van der Waals surface area contributed by atoms with Crippen molar-refractivity contribution in [1.82, 2.24) is 15.3 Å². The molecule has 0 aliphatic carbocycles. The third-order valence-corrected chi connectivity index (χ3v) is 9.16. The molecule has 4 aromatic rings. The molecule has 0 bridgehead atoms. The summed E-state index contributed by atoms with van der Waals surface area (Å²) in [6.07, 6.45) is 2.09. The van der Waals surface area contributed by atoms with Gasteiger partial charge in [0.1, 0.15) is 0 Å². The molecule has 212 valence electrons. The third-order valence-electron chi connectivity index (χ3n) is 7.41. The van der Waals surface area contributed by atoms with Gasteiger partial charge in [0.15, 0.2) is 9.84 Å². The van der Waals surface area contributed by atoms with Gasteiger partial charge in [0, 0.05) is 41.5 Å². The Labute approximate surface area is 239 Å². The number of aromatic nitrogens is 2. The number of amides is 1. The molecule has 2 atom stereocenters. The lowest BCUT2D eigenvalue weighted by molar-refractivity contribution is -0.00521. The summed E-state index contributed by atoms with van der Waals surface area (Å²) in [5.41, 5.74) is 5.28. The molecular weight excluding hydrogens is 540 g/mol.